The number of hydrogen-bond acceptors (Lipinski definition) is 5. The zero-order valence-corrected chi connectivity index (χ0v) is 12.6. The first-order valence-electron chi connectivity index (χ1n) is 7.20. The molecule has 0 radical (unpaired) electrons. The highest BCUT2D eigenvalue weighted by Gasteiger charge is 2.39. The van der Waals surface area contributed by atoms with E-state index >= 15 is 0 Å². The number of ether oxygens (including phenoxy) is 1. The maximum absolute atomic E-state index is 13.4. The first kappa shape index (κ1) is 15.4. The van der Waals surface area contributed by atoms with Crippen LogP contribution in [0.3, 0.4) is 0 Å². The summed E-state index contributed by atoms with van der Waals surface area (Å²) in [6, 6.07) is 3.80. The van der Waals surface area contributed by atoms with Gasteiger partial charge in [0.1, 0.15) is 17.2 Å². The van der Waals surface area contributed by atoms with Crippen LogP contribution in [0.15, 0.2) is 30.6 Å². The molecule has 122 valence electrons. The van der Waals surface area contributed by atoms with Crippen molar-refractivity contribution in [3.8, 4) is 5.75 Å². The van der Waals surface area contributed by atoms with Crippen LogP contribution in [-0.4, -0.2) is 56.7 Å². The van der Waals surface area contributed by atoms with Crippen LogP contribution in [0, 0.1) is 5.82 Å². The van der Waals surface area contributed by atoms with E-state index in [2.05, 4.69) is 10.3 Å². The molecule has 1 fully saturated rings. The monoisotopic (exact) mass is 320 g/mol. The predicted molar refractivity (Wildman–Crippen MR) is 78.4 cm³/mol. The van der Waals surface area contributed by atoms with Gasteiger partial charge in [-0.05, 0) is 24.6 Å². The zero-order valence-electron chi connectivity index (χ0n) is 12.6. The van der Waals surface area contributed by atoms with Crippen LogP contribution in [0.5, 0.6) is 5.75 Å². The molecule has 8 heteroatoms. The summed E-state index contributed by atoms with van der Waals surface area (Å²) in [6.45, 7) is 0.770. The van der Waals surface area contributed by atoms with Gasteiger partial charge in [-0.15, -0.1) is 5.10 Å². The van der Waals surface area contributed by atoms with Gasteiger partial charge in [0.05, 0.1) is 32.0 Å². The number of methoxy groups -OCH3 is 1. The van der Waals surface area contributed by atoms with Gasteiger partial charge >= 0.3 is 0 Å². The third kappa shape index (κ3) is 3.16. The van der Waals surface area contributed by atoms with Crippen molar-refractivity contribution in [3.63, 3.8) is 0 Å². The fourth-order valence-corrected chi connectivity index (χ4v) is 2.80. The highest BCUT2D eigenvalue weighted by molar-refractivity contribution is 5.97. The van der Waals surface area contributed by atoms with E-state index in [-0.39, 0.29) is 24.6 Å². The van der Waals surface area contributed by atoms with E-state index in [1.165, 1.54) is 35.0 Å². The number of carbonyl (C=O) groups excluding carboxylic acids is 1. The number of β-amino-alcohol motifs (C(OH)–C–C–N with tert-alkyl or cyclic N) is 1. The van der Waals surface area contributed by atoms with Crippen molar-refractivity contribution in [1.82, 2.24) is 19.9 Å². The molecule has 1 aromatic heterocycles. The van der Waals surface area contributed by atoms with E-state index in [9.17, 15) is 14.3 Å². The lowest BCUT2D eigenvalue weighted by Gasteiger charge is -2.23. The number of nitrogens with zero attached hydrogens (tertiary/aromatic N) is 4. The molecule has 1 unspecified atom stereocenters. The van der Waals surface area contributed by atoms with E-state index in [1.807, 2.05) is 0 Å². The number of benzene rings is 1. The number of aromatic nitrogens is 3. The second-order valence-corrected chi connectivity index (χ2v) is 5.65. The Morgan fingerprint density at radius 3 is 3.04 bits per heavy atom. The van der Waals surface area contributed by atoms with Gasteiger partial charge in [0.25, 0.3) is 5.91 Å². The standard InChI is InChI=1S/C15H17FN4O3/c1-23-13-3-2-11(16)8-12(13)14(21)19-6-4-15(22,9-19)10-20-7-5-17-18-20/h2-3,5,7-8,22H,4,6,9-10H2,1H3. The van der Waals surface area contributed by atoms with E-state index in [0.29, 0.717) is 18.7 Å². The number of hydrogen-bond donors (Lipinski definition) is 1. The highest BCUT2D eigenvalue weighted by Crippen LogP contribution is 2.27. The van der Waals surface area contributed by atoms with Crippen LogP contribution in [0.4, 0.5) is 4.39 Å². The van der Waals surface area contributed by atoms with Crippen LogP contribution in [0.2, 0.25) is 0 Å². The third-order valence-corrected chi connectivity index (χ3v) is 3.94. The van der Waals surface area contributed by atoms with Crippen LogP contribution in [0.25, 0.3) is 0 Å². The molecule has 1 saturated heterocycles. The second-order valence-electron chi connectivity index (χ2n) is 5.65. The van der Waals surface area contributed by atoms with Gasteiger partial charge in [0, 0.05) is 12.7 Å². The molecule has 7 nitrogen and oxygen atoms in total. The number of rotatable bonds is 4. The molecule has 1 amide bonds. The molecular weight excluding hydrogens is 303 g/mol. The summed E-state index contributed by atoms with van der Waals surface area (Å²) in [4.78, 5) is 14.1. The molecule has 1 aromatic carbocycles. The van der Waals surface area contributed by atoms with Gasteiger partial charge in [-0.2, -0.15) is 0 Å². The van der Waals surface area contributed by atoms with Crippen molar-refractivity contribution >= 4 is 5.91 Å². The largest absolute Gasteiger partial charge is 0.496 e. The molecule has 2 heterocycles. The van der Waals surface area contributed by atoms with Gasteiger partial charge in [0.15, 0.2) is 0 Å². The Balaban J connectivity index is 1.76. The molecule has 0 spiro atoms. The Hall–Kier alpha value is -2.48. The predicted octanol–water partition coefficient (Wildman–Crippen LogP) is 0.703. The molecular formula is C15H17FN4O3. The minimum Gasteiger partial charge on any atom is -0.496 e. The van der Waals surface area contributed by atoms with Gasteiger partial charge in [-0.25, -0.2) is 9.07 Å². The Morgan fingerprint density at radius 1 is 1.52 bits per heavy atom. The molecule has 0 saturated carbocycles. The smallest absolute Gasteiger partial charge is 0.257 e. The molecule has 1 aliphatic heterocycles. The van der Waals surface area contributed by atoms with Gasteiger partial charge < -0.3 is 14.7 Å². The minimum absolute atomic E-state index is 0.144. The molecule has 0 bridgehead atoms. The van der Waals surface area contributed by atoms with Gasteiger partial charge in [-0.1, -0.05) is 5.21 Å². The lowest BCUT2D eigenvalue weighted by atomic mass is 10.0. The molecule has 2 aromatic rings. The number of aliphatic hydroxyl groups is 1. The molecule has 3 rings (SSSR count). The summed E-state index contributed by atoms with van der Waals surface area (Å²) < 4.78 is 20.1. The van der Waals surface area contributed by atoms with Gasteiger partial charge in [0.2, 0.25) is 0 Å². The lowest BCUT2D eigenvalue weighted by molar-refractivity contribution is 0.0266. The Labute approximate surface area is 132 Å². The first-order valence-corrected chi connectivity index (χ1v) is 7.20. The normalized spacial score (nSPS) is 20.7. The van der Waals surface area contributed by atoms with Crippen molar-refractivity contribution in [2.24, 2.45) is 0 Å². The zero-order chi connectivity index (χ0) is 16.4. The topological polar surface area (TPSA) is 80.5 Å². The van der Waals surface area contributed by atoms with Crippen LogP contribution in [-0.2, 0) is 6.54 Å². The molecule has 1 N–H and O–H groups in total. The van der Waals surface area contributed by atoms with E-state index < -0.39 is 11.4 Å². The van der Waals surface area contributed by atoms with Gasteiger partial charge in [-0.3, -0.25) is 4.79 Å². The van der Waals surface area contributed by atoms with Crippen LogP contribution >= 0.6 is 0 Å². The fourth-order valence-electron chi connectivity index (χ4n) is 2.80. The average Bonchev–Trinajstić information content (AvgIpc) is 3.16. The fraction of sp³-hybridized carbons (Fsp3) is 0.400. The lowest BCUT2D eigenvalue weighted by Crippen LogP contribution is -2.39. The average molecular weight is 320 g/mol. The summed E-state index contributed by atoms with van der Waals surface area (Å²) in [5, 5.41) is 18.1. The summed E-state index contributed by atoms with van der Waals surface area (Å²) in [5.74, 6) is -0.565. The number of halogens is 1. The van der Waals surface area contributed by atoms with Crippen molar-refractivity contribution in [2.75, 3.05) is 20.2 Å². The summed E-state index contributed by atoms with van der Waals surface area (Å²) in [6.07, 6.45) is 3.59. The summed E-state index contributed by atoms with van der Waals surface area (Å²) >= 11 is 0. The molecule has 1 atom stereocenters. The van der Waals surface area contributed by atoms with Crippen molar-refractivity contribution in [2.45, 2.75) is 18.6 Å². The Morgan fingerprint density at radius 2 is 2.35 bits per heavy atom. The molecule has 0 aliphatic carbocycles. The number of amides is 1. The maximum Gasteiger partial charge on any atom is 0.257 e. The molecule has 1 aliphatic rings. The Kier molecular flexibility index (Phi) is 3.99. The third-order valence-electron chi connectivity index (χ3n) is 3.94. The van der Waals surface area contributed by atoms with Crippen LogP contribution in [0.1, 0.15) is 16.8 Å². The quantitative estimate of drug-likeness (QED) is 0.897. The Bertz CT molecular complexity index is 707. The second kappa shape index (κ2) is 5.96. The number of likely N-dealkylation sites (tertiary alicyclic amines) is 1. The van der Waals surface area contributed by atoms with E-state index in [1.54, 1.807) is 6.20 Å². The van der Waals surface area contributed by atoms with E-state index in [0.717, 1.165) is 6.07 Å². The summed E-state index contributed by atoms with van der Waals surface area (Å²) in [7, 11) is 1.43. The maximum atomic E-state index is 13.4. The SMILES string of the molecule is COc1ccc(F)cc1C(=O)N1CCC(O)(Cn2ccnn2)C1. The van der Waals surface area contributed by atoms with Crippen LogP contribution < -0.4 is 4.74 Å². The first-order chi connectivity index (χ1) is 11.0. The molecule has 23 heavy (non-hydrogen) atoms. The van der Waals surface area contributed by atoms with E-state index in [4.69, 9.17) is 4.74 Å². The number of carbonyl (C=O) groups is 1. The van der Waals surface area contributed by atoms with Crippen molar-refractivity contribution in [3.05, 3.63) is 42.0 Å². The highest BCUT2D eigenvalue weighted by atomic mass is 19.1. The summed E-state index contributed by atoms with van der Waals surface area (Å²) in [5.41, 5.74) is -0.929. The minimum atomic E-state index is -1.08. The van der Waals surface area contributed by atoms with Crippen molar-refractivity contribution < 1.29 is 19.0 Å². The van der Waals surface area contributed by atoms with Crippen molar-refractivity contribution in [1.29, 1.82) is 0 Å².